The van der Waals surface area contributed by atoms with E-state index >= 15 is 0 Å². The summed E-state index contributed by atoms with van der Waals surface area (Å²) < 4.78 is 44.3. The molecular weight excluding hydrogens is 587 g/mol. The second-order valence-corrected chi connectivity index (χ2v) is 10.0. The second-order valence-electron chi connectivity index (χ2n) is 9.62. The van der Waals surface area contributed by atoms with Gasteiger partial charge in [0.15, 0.2) is 6.61 Å². The minimum Gasteiger partial charge on any atom is -0.506 e. The Morgan fingerprint density at radius 1 is 1.02 bits per heavy atom. The number of piperazine rings is 1. The van der Waals surface area contributed by atoms with Gasteiger partial charge in [0.25, 0.3) is 11.8 Å². The molecule has 9 nitrogen and oxygen atoms in total. The van der Waals surface area contributed by atoms with Crippen LogP contribution in [0.2, 0.25) is 5.02 Å². The minimum atomic E-state index is -4.45. The SMILES string of the molecule is O=C(NN=Cc1ccc(OCC(=O)N2CCN(c3ccc(C(F)(F)F)cn3)CC2)c2ccccc12)c1ccc(O)c(Cl)c1. The first kappa shape index (κ1) is 29.6. The molecule has 2 heterocycles. The molecule has 4 aromatic rings. The van der Waals surface area contributed by atoms with Gasteiger partial charge in [-0.2, -0.15) is 18.3 Å². The molecular formula is C30H25ClF3N5O4. The molecule has 2 amide bonds. The number of fused-ring (bicyclic) bond motifs is 1. The lowest BCUT2D eigenvalue weighted by atomic mass is 10.0. The topological polar surface area (TPSA) is 107 Å². The zero-order chi connectivity index (χ0) is 30.6. The number of rotatable bonds is 7. The molecule has 222 valence electrons. The maximum Gasteiger partial charge on any atom is 0.417 e. The van der Waals surface area contributed by atoms with Gasteiger partial charge in [-0.15, -0.1) is 0 Å². The number of carbonyl (C=O) groups is 2. The molecule has 1 aromatic heterocycles. The molecule has 1 aliphatic heterocycles. The zero-order valence-electron chi connectivity index (χ0n) is 22.5. The van der Waals surface area contributed by atoms with E-state index in [4.69, 9.17) is 16.3 Å². The van der Waals surface area contributed by atoms with Crippen LogP contribution >= 0.6 is 11.6 Å². The van der Waals surface area contributed by atoms with Gasteiger partial charge in [0.05, 0.1) is 16.8 Å². The number of benzene rings is 3. The molecule has 43 heavy (non-hydrogen) atoms. The van der Waals surface area contributed by atoms with Crippen LogP contribution in [-0.2, 0) is 11.0 Å². The van der Waals surface area contributed by atoms with Gasteiger partial charge < -0.3 is 19.6 Å². The Morgan fingerprint density at radius 2 is 1.77 bits per heavy atom. The van der Waals surface area contributed by atoms with Gasteiger partial charge in [-0.3, -0.25) is 9.59 Å². The fraction of sp³-hybridized carbons (Fsp3) is 0.200. The first-order valence-electron chi connectivity index (χ1n) is 13.1. The fourth-order valence-electron chi connectivity index (χ4n) is 4.56. The third-order valence-corrected chi connectivity index (χ3v) is 7.18. The van der Waals surface area contributed by atoms with Crippen LogP contribution in [0, 0.1) is 0 Å². The second kappa shape index (κ2) is 12.6. The third kappa shape index (κ3) is 6.97. The van der Waals surface area contributed by atoms with Crippen molar-refractivity contribution in [2.75, 3.05) is 37.7 Å². The summed E-state index contributed by atoms with van der Waals surface area (Å²) in [6.45, 7) is 1.42. The molecule has 3 aromatic carbocycles. The van der Waals surface area contributed by atoms with E-state index in [1.54, 1.807) is 17.0 Å². The van der Waals surface area contributed by atoms with Gasteiger partial charge >= 0.3 is 6.18 Å². The smallest absolute Gasteiger partial charge is 0.417 e. The van der Waals surface area contributed by atoms with E-state index < -0.39 is 17.6 Å². The number of amides is 2. The first-order chi connectivity index (χ1) is 20.6. The fourth-order valence-corrected chi connectivity index (χ4v) is 4.74. The number of pyridine rings is 1. The van der Waals surface area contributed by atoms with E-state index in [1.807, 2.05) is 29.2 Å². The summed E-state index contributed by atoms with van der Waals surface area (Å²) in [5.41, 5.74) is 2.55. The summed E-state index contributed by atoms with van der Waals surface area (Å²) in [6.07, 6.45) is -2.15. The molecule has 0 spiro atoms. The van der Waals surface area contributed by atoms with Crippen molar-refractivity contribution in [1.82, 2.24) is 15.3 Å². The first-order valence-corrected chi connectivity index (χ1v) is 13.5. The number of aromatic hydroxyl groups is 1. The van der Waals surface area contributed by atoms with Crippen molar-refractivity contribution in [2.45, 2.75) is 6.18 Å². The van der Waals surface area contributed by atoms with Crippen molar-refractivity contribution in [1.29, 1.82) is 0 Å². The predicted molar refractivity (Wildman–Crippen MR) is 156 cm³/mol. The van der Waals surface area contributed by atoms with Crippen LogP contribution in [-0.4, -0.2) is 65.8 Å². The number of phenols is 1. The standard InChI is InChI=1S/C30H25ClF3N5O4/c31-24-15-19(5-8-25(24)40)29(42)37-36-16-20-6-9-26(23-4-2-1-3-22(20)23)43-18-28(41)39-13-11-38(12-14-39)27-10-7-21(17-35-27)30(32,33)34/h1-10,15-17,40H,11-14,18H2,(H,37,42). The molecule has 1 fully saturated rings. The normalized spacial score (nSPS) is 13.9. The van der Waals surface area contributed by atoms with Crippen molar-refractivity contribution in [3.63, 3.8) is 0 Å². The molecule has 0 bridgehead atoms. The van der Waals surface area contributed by atoms with Crippen molar-refractivity contribution < 1.29 is 32.6 Å². The number of hydrogen-bond donors (Lipinski definition) is 2. The highest BCUT2D eigenvalue weighted by molar-refractivity contribution is 6.32. The van der Waals surface area contributed by atoms with Crippen LogP contribution in [0.1, 0.15) is 21.5 Å². The summed E-state index contributed by atoms with van der Waals surface area (Å²) in [5, 5.41) is 15.1. The third-order valence-electron chi connectivity index (χ3n) is 6.88. The number of aromatic nitrogens is 1. The van der Waals surface area contributed by atoms with Crippen molar-refractivity contribution in [3.8, 4) is 11.5 Å². The number of carbonyl (C=O) groups excluding carboxylic acids is 2. The van der Waals surface area contributed by atoms with Gasteiger partial charge in [-0.05, 0) is 47.9 Å². The van der Waals surface area contributed by atoms with Gasteiger partial charge in [0.1, 0.15) is 17.3 Å². The van der Waals surface area contributed by atoms with Gasteiger partial charge in [0, 0.05) is 48.9 Å². The number of nitrogens with zero attached hydrogens (tertiary/aromatic N) is 4. The van der Waals surface area contributed by atoms with Crippen molar-refractivity contribution in [3.05, 3.63) is 94.6 Å². The maximum atomic E-state index is 12.9. The highest BCUT2D eigenvalue weighted by atomic mass is 35.5. The molecule has 13 heteroatoms. The summed E-state index contributed by atoms with van der Waals surface area (Å²) in [4.78, 5) is 32.7. The molecule has 2 N–H and O–H groups in total. The van der Waals surface area contributed by atoms with Crippen LogP contribution in [0.25, 0.3) is 10.8 Å². The van der Waals surface area contributed by atoms with E-state index in [1.165, 1.54) is 30.5 Å². The molecule has 0 radical (unpaired) electrons. The van der Waals surface area contributed by atoms with Gasteiger partial charge in [-0.25, -0.2) is 10.4 Å². The monoisotopic (exact) mass is 611 g/mol. The Morgan fingerprint density at radius 3 is 2.44 bits per heavy atom. The molecule has 0 unspecified atom stereocenters. The van der Waals surface area contributed by atoms with E-state index in [2.05, 4.69) is 15.5 Å². The lowest BCUT2D eigenvalue weighted by Crippen LogP contribution is -2.50. The average Bonchev–Trinajstić information content (AvgIpc) is 3.01. The summed E-state index contributed by atoms with van der Waals surface area (Å²) in [6, 6.07) is 17.3. The minimum absolute atomic E-state index is 0.0504. The highest BCUT2D eigenvalue weighted by Gasteiger charge is 2.31. The maximum absolute atomic E-state index is 12.9. The lowest BCUT2D eigenvalue weighted by molar-refractivity contribution is -0.138. The molecule has 5 rings (SSSR count). The van der Waals surface area contributed by atoms with Crippen molar-refractivity contribution in [2.24, 2.45) is 5.10 Å². The molecule has 1 saturated heterocycles. The summed E-state index contributed by atoms with van der Waals surface area (Å²) >= 11 is 5.86. The number of hydrogen-bond acceptors (Lipinski definition) is 7. The molecule has 0 atom stereocenters. The number of nitrogens with one attached hydrogen (secondary N) is 1. The molecule has 1 aliphatic rings. The van der Waals surface area contributed by atoms with Crippen molar-refractivity contribution >= 4 is 46.2 Å². The molecule has 0 saturated carbocycles. The van der Waals surface area contributed by atoms with E-state index in [-0.39, 0.29) is 28.8 Å². The predicted octanol–water partition coefficient (Wildman–Crippen LogP) is 5.10. The zero-order valence-corrected chi connectivity index (χ0v) is 23.3. The number of alkyl halides is 3. The Hall–Kier alpha value is -4.84. The van der Waals surface area contributed by atoms with Gasteiger partial charge in [-0.1, -0.05) is 35.9 Å². The number of hydrazone groups is 1. The van der Waals surface area contributed by atoms with E-state index in [0.717, 1.165) is 23.0 Å². The highest BCUT2D eigenvalue weighted by Crippen LogP contribution is 2.30. The molecule has 0 aliphatic carbocycles. The number of phenolic OH excluding ortho intramolecular Hbond substituents is 1. The number of anilines is 1. The quantitative estimate of drug-likeness (QED) is 0.222. The lowest BCUT2D eigenvalue weighted by Gasteiger charge is -2.35. The van der Waals surface area contributed by atoms with Crippen LogP contribution in [0.3, 0.4) is 0 Å². The Kier molecular flexibility index (Phi) is 8.67. The average molecular weight is 612 g/mol. The number of ether oxygens (including phenoxy) is 1. The Bertz CT molecular complexity index is 1670. The Labute approximate surface area is 249 Å². The van der Waals surface area contributed by atoms with Crippen LogP contribution in [0.4, 0.5) is 19.0 Å². The number of halogens is 4. The summed E-state index contributed by atoms with van der Waals surface area (Å²) in [5.74, 6) is 0.0745. The summed E-state index contributed by atoms with van der Waals surface area (Å²) in [7, 11) is 0. The van der Waals surface area contributed by atoms with Gasteiger partial charge in [0.2, 0.25) is 0 Å². The van der Waals surface area contributed by atoms with Crippen LogP contribution in [0.15, 0.2) is 78.0 Å². The van der Waals surface area contributed by atoms with Crippen LogP contribution in [0.5, 0.6) is 11.5 Å². The van der Waals surface area contributed by atoms with E-state index in [0.29, 0.717) is 43.3 Å². The Balaban J connectivity index is 1.18. The largest absolute Gasteiger partial charge is 0.506 e. The van der Waals surface area contributed by atoms with E-state index in [9.17, 15) is 27.9 Å². The van der Waals surface area contributed by atoms with Crippen LogP contribution < -0.4 is 15.1 Å².